The van der Waals surface area contributed by atoms with Gasteiger partial charge in [0, 0.05) is 11.6 Å². The molecule has 182 valence electrons. The molecule has 1 amide bonds. The lowest BCUT2D eigenvalue weighted by Gasteiger charge is -2.20. The van der Waals surface area contributed by atoms with Crippen LogP contribution in [0, 0.1) is 13.8 Å². The van der Waals surface area contributed by atoms with E-state index >= 15 is 0 Å². The van der Waals surface area contributed by atoms with Crippen LogP contribution in [0.4, 0.5) is 22.0 Å². The quantitative estimate of drug-likeness (QED) is 0.303. The normalized spacial score (nSPS) is 12.1. The first-order chi connectivity index (χ1) is 16.5. The van der Waals surface area contributed by atoms with Crippen molar-refractivity contribution in [3.63, 3.8) is 0 Å². The number of fused-ring (bicyclic) bond motifs is 1. The fraction of sp³-hybridized carbons (Fsp3) is 0.200. The molecule has 2 aromatic heterocycles. The summed E-state index contributed by atoms with van der Waals surface area (Å²) < 4.78 is 79.8. The molecule has 0 radical (unpaired) electrons. The molecule has 0 atom stereocenters. The van der Waals surface area contributed by atoms with Crippen LogP contribution in [0.3, 0.4) is 0 Å². The van der Waals surface area contributed by atoms with E-state index in [0.29, 0.717) is 5.56 Å². The highest BCUT2D eigenvalue weighted by Crippen LogP contribution is 2.35. The van der Waals surface area contributed by atoms with Gasteiger partial charge in [-0.15, -0.1) is 0 Å². The van der Waals surface area contributed by atoms with Crippen molar-refractivity contribution in [2.45, 2.75) is 25.9 Å². The number of halogens is 5. The standard InChI is InChI=1S/C25H19F5N2O3/c1-14-6-7-18(15(2)10-14)24(26,27)13-32-23(33)21-20(12-31-19-8-9-34-22(19)21)35-17-5-3-4-16(11-17)25(28,29)30/h3-12H,13H2,1-2H3,(H,32,33). The fourth-order valence-electron chi connectivity index (χ4n) is 3.65. The number of furan rings is 1. The molecular formula is C25H19F5N2O3. The first-order valence-corrected chi connectivity index (χ1v) is 10.4. The van der Waals surface area contributed by atoms with Crippen LogP contribution in [0.1, 0.15) is 32.6 Å². The Morgan fingerprint density at radius 3 is 2.54 bits per heavy atom. The van der Waals surface area contributed by atoms with Crippen molar-refractivity contribution in [1.82, 2.24) is 10.3 Å². The van der Waals surface area contributed by atoms with E-state index in [9.17, 15) is 26.7 Å². The van der Waals surface area contributed by atoms with Gasteiger partial charge >= 0.3 is 6.18 Å². The highest BCUT2D eigenvalue weighted by Gasteiger charge is 2.35. The van der Waals surface area contributed by atoms with Gasteiger partial charge in [0.1, 0.15) is 16.8 Å². The Hall–Kier alpha value is -3.95. The summed E-state index contributed by atoms with van der Waals surface area (Å²) in [6, 6.07) is 9.93. The molecule has 0 saturated carbocycles. The first kappa shape index (κ1) is 24.2. The van der Waals surface area contributed by atoms with Gasteiger partial charge in [0.25, 0.3) is 11.8 Å². The smallest absolute Gasteiger partial charge is 0.416 e. The second-order valence-electron chi connectivity index (χ2n) is 7.97. The summed E-state index contributed by atoms with van der Waals surface area (Å²) in [5.41, 5.74) is -0.0826. The Labute approximate surface area is 196 Å². The third-order valence-electron chi connectivity index (χ3n) is 5.30. The lowest BCUT2D eigenvalue weighted by Crippen LogP contribution is -2.35. The zero-order chi connectivity index (χ0) is 25.4. The molecule has 0 fully saturated rings. The average molecular weight is 490 g/mol. The summed E-state index contributed by atoms with van der Waals surface area (Å²) >= 11 is 0. The number of aromatic nitrogens is 1. The SMILES string of the molecule is Cc1ccc(C(F)(F)CNC(=O)c2c(Oc3cccc(C(F)(F)F)c3)cnc3ccoc23)c(C)c1. The van der Waals surface area contributed by atoms with Gasteiger partial charge in [0.05, 0.1) is 24.6 Å². The van der Waals surface area contributed by atoms with Crippen LogP contribution >= 0.6 is 0 Å². The molecule has 0 bridgehead atoms. The molecule has 0 spiro atoms. The van der Waals surface area contributed by atoms with Gasteiger partial charge in [0.2, 0.25) is 0 Å². The van der Waals surface area contributed by atoms with E-state index in [2.05, 4.69) is 10.3 Å². The molecular weight excluding hydrogens is 471 g/mol. The number of hydrogen-bond acceptors (Lipinski definition) is 4. The third-order valence-corrected chi connectivity index (χ3v) is 5.30. The van der Waals surface area contributed by atoms with E-state index in [4.69, 9.17) is 9.15 Å². The number of aryl methyl sites for hydroxylation is 2. The lowest BCUT2D eigenvalue weighted by molar-refractivity contribution is -0.137. The highest BCUT2D eigenvalue weighted by atomic mass is 19.4. The molecule has 4 rings (SSSR count). The van der Waals surface area contributed by atoms with Crippen molar-refractivity contribution in [2.75, 3.05) is 6.54 Å². The van der Waals surface area contributed by atoms with Crippen molar-refractivity contribution >= 4 is 17.0 Å². The van der Waals surface area contributed by atoms with E-state index in [-0.39, 0.29) is 33.7 Å². The van der Waals surface area contributed by atoms with Crippen molar-refractivity contribution in [1.29, 1.82) is 0 Å². The number of hydrogen-bond donors (Lipinski definition) is 1. The number of alkyl halides is 5. The lowest BCUT2D eigenvalue weighted by atomic mass is 10.00. The second-order valence-corrected chi connectivity index (χ2v) is 7.97. The maximum Gasteiger partial charge on any atom is 0.416 e. The van der Waals surface area contributed by atoms with Crippen LogP contribution in [-0.2, 0) is 12.1 Å². The predicted molar refractivity (Wildman–Crippen MR) is 118 cm³/mol. The number of benzene rings is 2. The molecule has 1 N–H and O–H groups in total. The zero-order valence-electron chi connectivity index (χ0n) is 18.5. The molecule has 2 heterocycles. The van der Waals surface area contributed by atoms with Crippen LogP contribution in [-0.4, -0.2) is 17.4 Å². The van der Waals surface area contributed by atoms with Gasteiger partial charge in [-0.2, -0.15) is 22.0 Å². The number of ether oxygens (including phenoxy) is 1. The number of rotatable bonds is 6. The Morgan fingerprint density at radius 2 is 1.83 bits per heavy atom. The largest absolute Gasteiger partial charge is 0.462 e. The van der Waals surface area contributed by atoms with E-state index in [1.807, 2.05) is 0 Å². The molecule has 35 heavy (non-hydrogen) atoms. The van der Waals surface area contributed by atoms with E-state index in [1.54, 1.807) is 26.0 Å². The minimum atomic E-state index is -4.61. The fourth-order valence-corrected chi connectivity index (χ4v) is 3.65. The summed E-state index contributed by atoms with van der Waals surface area (Å²) in [4.78, 5) is 17.1. The molecule has 0 saturated heterocycles. The minimum Gasteiger partial charge on any atom is -0.462 e. The maximum absolute atomic E-state index is 14.9. The van der Waals surface area contributed by atoms with Crippen molar-refractivity contribution < 1.29 is 35.9 Å². The molecule has 5 nitrogen and oxygen atoms in total. The van der Waals surface area contributed by atoms with Gasteiger partial charge in [-0.3, -0.25) is 4.79 Å². The van der Waals surface area contributed by atoms with Gasteiger partial charge in [-0.25, -0.2) is 4.98 Å². The monoisotopic (exact) mass is 490 g/mol. The van der Waals surface area contributed by atoms with Crippen molar-refractivity contribution in [2.24, 2.45) is 0 Å². The summed E-state index contributed by atoms with van der Waals surface area (Å²) in [6.45, 7) is 2.30. The summed E-state index contributed by atoms with van der Waals surface area (Å²) in [5.74, 6) is -4.81. The third kappa shape index (κ3) is 5.11. The minimum absolute atomic E-state index is 0.0539. The van der Waals surface area contributed by atoms with E-state index < -0.39 is 30.1 Å². The predicted octanol–water partition coefficient (Wildman–Crippen LogP) is 6.78. The average Bonchev–Trinajstić information content (AvgIpc) is 3.25. The van der Waals surface area contributed by atoms with Crippen LogP contribution in [0.15, 0.2) is 65.4 Å². The first-order valence-electron chi connectivity index (χ1n) is 10.4. The van der Waals surface area contributed by atoms with Gasteiger partial charge in [-0.05, 0) is 37.6 Å². The Bertz CT molecular complexity index is 1400. The Kier molecular flexibility index (Phi) is 6.23. The van der Waals surface area contributed by atoms with Crippen molar-refractivity contribution in [3.05, 3.63) is 88.8 Å². The molecule has 4 aromatic rings. The Balaban J connectivity index is 1.64. The van der Waals surface area contributed by atoms with Crippen LogP contribution < -0.4 is 10.1 Å². The van der Waals surface area contributed by atoms with E-state index in [1.165, 1.54) is 24.5 Å². The summed E-state index contributed by atoms with van der Waals surface area (Å²) in [5, 5.41) is 2.19. The number of nitrogens with zero attached hydrogens (tertiary/aromatic N) is 1. The number of carbonyl (C=O) groups is 1. The Morgan fingerprint density at radius 1 is 1.06 bits per heavy atom. The van der Waals surface area contributed by atoms with Crippen molar-refractivity contribution in [3.8, 4) is 11.5 Å². The topological polar surface area (TPSA) is 64.4 Å². The van der Waals surface area contributed by atoms with Crippen LogP contribution in [0.5, 0.6) is 11.5 Å². The van der Waals surface area contributed by atoms with Gasteiger partial charge in [-0.1, -0.05) is 29.8 Å². The number of carbonyl (C=O) groups excluding carboxylic acids is 1. The van der Waals surface area contributed by atoms with Crippen LogP contribution in [0.25, 0.3) is 11.1 Å². The molecule has 0 unspecified atom stereocenters. The number of nitrogens with one attached hydrogen (secondary N) is 1. The number of amides is 1. The van der Waals surface area contributed by atoms with Crippen LogP contribution in [0.2, 0.25) is 0 Å². The number of pyridine rings is 1. The van der Waals surface area contributed by atoms with E-state index in [0.717, 1.165) is 30.0 Å². The van der Waals surface area contributed by atoms with Gasteiger partial charge < -0.3 is 14.5 Å². The zero-order valence-corrected chi connectivity index (χ0v) is 18.5. The second kappa shape index (κ2) is 9.01. The summed E-state index contributed by atoms with van der Waals surface area (Å²) in [7, 11) is 0. The summed E-state index contributed by atoms with van der Waals surface area (Å²) in [6.07, 6.45) is -2.25. The molecule has 2 aromatic carbocycles. The molecule has 10 heteroatoms. The molecule has 0 aliphatic rings. The highest BCUT2D eigenvalue weighted by molar-refractivity contribution is 6.06. The molecule has 0 aliphatic carbocycles. The van der Waals surface area contributed by atoms with Gasteiger partial charge in [0.15, 0.2) is 11.3 Å². The maximum atomic E-state index is 14.9. The molecule has 0 aliphatic heterocycles.